The molecular weight excluding hydrogens is 286 g/mol. The first-order valence-corrected chi connectivity index (χ1v) is 7.40. The molecule has 1 aliphatic rings. The van der Waals surface area contributed by atoms with E-state index in [-0.39, 0.29) is 29.1 Å². The summed E-state index contributed by atoms with van der Waals surface area (Å²) in [4.78, 5) is 25.9. The molecular formula is C16H21NO5. The summed E-state index contributed by atoms with van der Waals surface area (Å²) in [5, 5.41) is 9.93. The van der Waals surface area contributed by atoms with Crippen LogP contribution in [0.1, 0.15) is 30.1 Å². The summed E-state index contributed by atoms with van der Waals surface area (Å²) < 4.78 is 10.2. The molecule has 120 valence electrons. The lowest BCUT2D eigenvalue weighted by Gasteiger charge is -2.31. The number of phenolic OH excluding ortho intramolecular Hbond substituents is 1. The number of carbonyl (C=O) groups is 2. The van der Waals surface area contributed by atoms with E-state index in [1.165, 1.54) is 13.2 Å². The van der Waals surface area contributed by atoms with Crippen molar-refractivity contribution in [3.63, 3.8) is 0 Å². The van der Waals surface area contributed by atoms with E-state index in [0.717, 1.165) is 0 Å². The Bertz CT molecular complexity index is 549. The second-order valence-electron chi connectivity index (χ2n) is 5.17. The lowest BCUT2D eigenvalue weighted by molar-refractivity contribution is -0.149. The van der Waals surface area contributed by atoms with Crippen LogP contribution in [0, 0.1) is 5.92 Å². The third-order valence-corrected chi connectivity index (χ3v) is 3.84. The fourth-order valence-corrected chi connectivity index (χ4v) is 2.64. The van der Waals surface area contributed by atoms with Crippen LogP contribution in [-0.4, -0.2) is 48.7 Å². The molecule has 6 nitrogen and oxygen atoms in total. The number of methoxy groups -OCH3 is 1. The number of nitrogens with zero attached hydrogens (tertiary/aromatic N) is 1. The highest BCUT2D eigenvalue weighted by atomic mass is 16.5. The van der Waals surface area contributed by atoms with Gasteiger partial charge in [0.25, 0.3) is 5.91 Å². The minimum Gasteiger partial charge on any atom is -0.507 e. The fourth-order valence-electron chi connectivity index (χ4n) is 2.64. The topological polar surface area (TPSA) is 76.1 Å². The van der Waals surface area contributed by atoms with Gasteiger partial charge >= 0.3 is 5.97 Å². The van der Waals surface area contributed by atoms with Gasteiger partial charge in [-0.2, -0.15) is 0 Å². The van der Waals surface area contributed by atoms with E-state index in [9.17, 15) is 14.7 Å². The minimum atomic E-state index is -0.280. The molecule has 0 spiro atoms. The summed E-state index contributed by atoms with van der Waals surface area (Å²) >= 11 is 0. The Balaban J connectivity index is 2.06. The zero-order valence-corrected chi connectivity index (χ0v) is 12.9. The number of hydrogen-bond acceptors (Lipinski definition) is 5. The zero-order valence-electron chi connectivity index (χ0n) is 12.9. The highest BCUT2D eigenvalue weighted by molar-refractivity contribution is 5.99. The standard InChI is InChI=1S/C16H21NO5/c1-3-22-16(20)11-7-9-17(10-8-11)15(19)14-12(18)5-4-6-13(14)21-2/h4-6,11,18H,3,7-10H2,1-2H3. The van der Waals surface area contributed by atoms with Crippen LogP contribution >= 0.6 is 0 Å². The normalized spacial score (nSPS) is 15.5. The molecule has 1 N–H and O–H groups in total. The number of ether oxygens (including phenoxy) is 2. The predicted molar refractivity (Wildman–Crippen MR) is 79.9 cm³/mol. The molecule has 1 aromatic carbocycles. The third-order valence-electron chi connectivity index (χ3n) is 3.84. The molecule has 1 saturated heterocycles. The van der Waals surface area contributed by atoms with Crippen LogP contribution in [-0.2, 0) is 9.53 Å². The van der Waals surface area contributed by atoms with Crippen LogP contribution in [0.4, 0.5) is 0 Å². The molecule has 1 heterocycles. The van der Waals surface area contributed by atoms with Gasteiger partial charge in [0.1, 0.15) is 17.1 Å². The Labute approximate surface area is 129 Å². The fraction of sp³-hybridized carbons (Fsp3) is 0.500. The summed E-state index contributed by atoms with van der Waals surface area (Å²) in [6.45, 7) is 3.06. The van der Waals surface area contributed by atoms with E-state index in [0.29, 0.717) is 38.3 Å². The smallest absolute Gasteiger partial charge is 0.309 e. The van der Waals surface area contributed by atoms with Crippen molar-refractivity contribution in [3.8, 4) is 11.5 Å². The summed E-state index contributed by atoms with van der Waals surface area (Å²) in [5.74, 6) is -0.392. The van der Waals surface area contributed by atoms with E-state index >= 15 is 0 Å². The van der Waals surface area contributed by atoms with Crippen LogP contribution < -0.4 is 4.74 Å². The average Bonchev–Trinajstić information content (AvgIpc) is 2.54. The van der Waals surface area contributed by atoms with Gasteiger partial charge < -0.3 is 19.5 Å². The average molecular weight is 307 g/mol. The van der Waals surface area contributed by atoms with Gasteiger partial charge in [0.2, 0.25) is 0 Å². The minimum absolute atomic E-state index is 0.100. The molecule has 0 aliphatic carbocycles. The van der Waals surface area contributed by atoms with E-state index < -0.39 is 0 Å². The molecule has 0 radical (unpaired) electrons. The molecule has 1 aliphatic heterocycles. The van der Waals surface area contributed by atoms with Gasteiger partial charge in [-0.05, 0) is 31.9 Å². The van der Waals surface area contributed by atoms with Gasteiger partial charge in [-0.25, -0.2) is 0 Å². The Hall–Kier alpha value is -2.24. The largest absolute Gasteiger partial charge is 0.507 e. The van der Waals surface area contributed by atoms with Crippen molar-refractivity contribution in [3.05, 3.63) is 23.8 Å². The first-order valence-electron chi connectivity index (χ1n) is 7.40. The van der Waals surface area contributed by atoms with Crippen LogP contribution in [0.3, 0.4) is 0 Å². The number of piperidine rings is 1. The summed E-state index contributed by atoms with van der Waals surface area (Å²) in [7, 11) is 1.46. The molecule has 0 unspecified atom stereocenters. The third kappa shape index (κ3) is 3.32. The van der Waals surface area contributed by atoms with Gasteiger partial charge in [0.15, 0.2) is 0 Å². The Morgan fingerprint density at radius 2 is 2.00 bits per heavy atom. The Kier molecular flexibility index (Phi) is 5.25. The number of hydrogen-bond donors (Lipinski definition) is 1. The maximum atomic E-state index is 12.6. The number of likely N-dealkylation sites (tertiary alicyclic amines) is 1. The van der Waals surface area contributed by atoms with Crippen molar-refractivity contribution in [1.29, 1.82) is 0 Å². The number of benzene rings is 1. The molecule has 0 saturated carbocycles. The molecule has 2 rings (SSSR count). The lowest BCUT2D eigenvalue weighted by Crippen LogP contribution is -2.40. The van der Waals surface area contributed by atoms with Gasteiger partial charge in [-0.15, -0.1) is 0 Å². The SMILES string of the molecule is CCOC(=O)C1CCN(C(=O)c2c(O)cccc2OC)CC1. The highest BCUT2D eigenvalue weighted by Gasteiger charge is 2.30. The van der Waals surface area contributed by atoms with Gasteiger partial charge in [-0.1, -0.05) is 6.07 Å². The van der Waals surface area contributed by atoms with Crippen LogP contribution in [0.2, 0.25) is 0 Å². The number of aromatic hydroxyl groups is 1. The number of rotatable bonds is 4. The van der Waals surface area contributed by atoms with E-state index in [4.69, 9.17) is 9.47 Å². The maximum absolute atomic E-state index is 12.6. The number of amides is 1. The Morgan fingerprint density at radius 1 is 1.32 bits per heavy atom. The molecule has 1 aromatic rings. The quantitative estimate of drug-likeness (QED) is 0.859. The molecule has 0 bridgehead atoms. The van der Waals surface area contributed by atoms with Crippen molar-refractivity contribution in [2.24, 2.45) is 5.92 Å². The van der Waals surface area contributed by atoms with Crippen molar-refractivity contribution >= 4 is 11.9 Å². The van der Waals surface area contributed by atoms with Gasteiger partial charge in [-0.3, -0.25) is 9.59 Å². The van der Waals surface area contributed by atoms with Crippen molar-refractivity contribution < 1.29 is 24.2 Å². The molecule has 0 aromatic heterocycles. The van der Waals surface area contributed by atoms with Crippen LogP contribution in [0.25, 0.3) is 0 Å². The van der Waals surface area contributed by atoms with Crippen LogP contribution in [0.15, 0.2) is 18.2 Å². The highest BCUT2D eigenvalue weighted by Crippen LogP contribution is 2.30. The van der Waals surface area contributed by atoms with E-state index in [1.807, 2.05) is 0 Å². The number of esters is 1. The second-order valence-corrected chi connectivity index (χ2v) is 5.17. The van der Waals surface area contributed by atoms with Gasteiger partial charge in [0.05, 0.1) is 19.6 Å². The first-order chi connectivity index (χ1) is 10.6. The number of carbonyl (C=O) groups excluding carboxylic acids is 2. The molecule has 6 heteroatoms. The van der Waals surface area contributed by atoms with Crippen molar-refractivity contribution in [2.45, 2.75) is 19.8 Å². The van der Waals surface area contributed by atoms with E-state index in [2.05, 4.69) is 0 Å². The summed E-state index contributed by atoms with van der Waals surface area (Å²) in [6.07, 6.45) is 1.14. The summed E-state index contributed by atoms with van der Waals surface area (Å²) in [5.41, 5.74) is 0.166. The molecule has 1 fully saturated rings. The maximum Gasteiger partial charge on any atom is 0.309 e. The van der Waals surface area contributed by atoms with E-state index in [1.54, 1.807) is 24.0 Å². The molecule has 22 heavy (non-hydrogen) atoms. The molecule has 1 amide bonds. The second kappa shape index (κ2) is 7.15. The number of phenols is 1. The Morgan fingerprint density at radius 3 is 2.59 bits per heavy atom. The molecule has 0 atom stereocenters. The zero-order chi connectivity index (χ0) is 16.1. The van der Waals surface area contributed by atoms with Gasteiger partial charge in [0, 0.05) is 13.1 Å². The lowest BCUT2D eigenvalue weighted by atomic mass is 9.96. The summed E-state index contributed by atoms with van der Waals surface area (Å²) in [6, 6.07) is 4.72. The first kappa shape index (κ1) is 16.1. The predicted octanol–water partition coefficient (Wildman–Crippen LogP) is 1.82. The van der Waals surface area contributed by atoms with Crippen LogP contribution in [0.5, 0.6) is 11.5 Å². The van der Waals surface area contributed by atoms with Crippen molar-refractivity contribution in [2.75, 3.05) is 26.8 Å². The van der Waals surface area contributed by atoms with Crippen molar-refractivity contribution in [1.82, 2.24) is 4.90 Å². The monoisotopic (exact) mass is 307 g/mol.